The molecule has 11 heteroatoms. The predicted molar refractivity (Wildman–Crippen MR) is 155 cm³/mol. The number of benzene rings is 1. The molecule has 1 heterocycles. The van der Waals surface area contributed by atoms with Crippen LogP contribution in [0.25, 0.3) is 0 Å². The van der Waals surface area contributed by atoms with Gasteiger partial charge in [-0.1, -0.05) is 13.0 Å². The Morgan fingerprint density at radius 3 is 2.57 bits per heavy atom. The molecule has 1 aromatic rings. The topological polar surface area (TPSA) is 118 Å². The van der Waals surface area contributed by atoms with Gasteiger partial charge in [0.15, 0.2) is 0 Å². The van der Waals surface area contributed by atoms with Gasteiger partial charge in [-0.25, -0.2) is 14.0 Å². The summed E-state index contributed by atoms with van der Waals surface area (Å²) in [5.41, 5.74) is 0.556. The highest BCUT2D eigenvalue weighted by atomic mass is 19.1. The molecule has 4 rings (SSSR count). The highest BCUT2D eigenvalue weighted by molar-refractivity contribution is 5.79. The standard InChI is InChI=1S/C31H47FN4O6/c1-21-12-22-15-30(5,35-28(39)41-11-10-40-9-8-33-27(38)42-29(2,3)4)20-31(14-21,16-22)34-17-26(37)36-18-23-6-7-25(32)13-24(23)19-36/h6-7,13,21-22,34H,8-12,14-20H2,1-5H3,(H,33,38)(H,35,39). The zero-order valence-corrected chi connectivity index (χ0v) is 25.6. The number of alkyl carbamates (subject to hydrolysis) is 2. The molecule has 2 aliphatic carbocycles. The number of rotatable bonds is 10. The number of amides is 3. The molecule has 234 valence electrons. The van der Waals surface area contributed by atoms with Crippen molar-refractivity contribution in [3.8, 4) is 0 Å². The first-order valence-corrected chi connectivity index (χ1v) is 15.0. The summed E-state index contributed by atoms with van der Waals surface area (Å²) in [5, 5.41) is 9.33. The first kappa shape index (κ1) is 32.0. The Hall–Kier alpha value is -2.92. The Bertz CT molecular complexity index is 1140. The Labute approximate surface area is 248 Å². The molecule has 4 atom stereocenters. The molecule has 0 saturated heterocycles. The Morgan fingerprint density at radius 2 is 1.81 bits per heavy atom. The van der Waals surface area contributed by atoms with Crippen molar-refractivity contribution < 1.29 is 33.0 Å². The zero-order valence-electron chi connectivity index (χ0n) is 25.6. The monoisotopic (exact) mass is 590 g/mol. The fourth-order valence-corrected chi connectivity index (χ4v) is 7.13. The van der Waals surface area contributed by atoms with Crippen LogP contribution in [0.3, 0.4) is 0 Å². The van der Waals surface area contributed by atoms with Crippen molar-refractivity contribution in [2.45, 2.75) is 96.5 Å². The third-order valence-electron chi connectivity index (χ3n) is 8.26. The summed E-state index contributed by atoms with van der Waals surface area (Å²) in [7, 11) is 0. The van der Waals surface area contributed by atoms with Gasteiger partial charge in [-0.15, -0.1) is 0 Å². The number of nitrogens with zero attached hydrogens (tertiary/aromatic N) is 1. The van der Waals surface area contributed by atoms with Crippen molar-refractivity contribution in [2.24, 2.45) is 11.8 Å². The number of carbonyl (C=O) groups excluding carboxylic acids is 3. The van der Waals surface area contributed by atoms with Crippen LogP contribution in [0.4, 0.5) is 14.0 Å². The first-order valence-electron chi connectivity index (χ1n) is 15.0. The maximum Gasteiger partial charge on any atom is 0.407 e. The molecule has 0 radical (unpaired) electrons. The minimum Gasteiger partial charge on any atom is -0.447 e. The van der Waals surface area contributed by atoms with E-state index in [1.807, 2.05) is 0 Å². The van der Waals surface area contributed by atoms with E-state index in [1.165, 1.54) is 12.1 Å². The van der Waals surface area contributed by atoms with Crippen molar-refractivity contribution in [3.05, 3.63) is 35.1 Å². The molecule has 1 aliphatic heterocycles. The van der Waals surface area contributed by atoms with E-state index in [2.05, 4.69) is 29.8 Å². The SMILES string of the molecule is CC1CC2CC(C)(NC(=O)OCCOCCNC(=O)OC(C)(C)C)CC(NCC(=O)N3Cc4ccc(F)cc4C3)(C1)C2. The van der Waals surface area contributed by atoms with E-state index in [-0.39, 0.29) is 43.6 Å². The first-order chi connectivity index (χ1) is 19.7. The number of fused-ring (bicyclic) bond motifs is 3. The number of ether oxygens (including phenoxy) is 3. The van der Waals surface area contributed by atoms with Gasteiger partial charge in [-0.2, -0.15) is 0 Å². The largest absolute Gasteiger partial charge is 0.447 e. The van der Waals surface area contributed by atoms with Crippen LogP contribution >= 0.6 is 0 Å². The predicted octanol–water partition coefficient (Wildman–Crippen LogP) is 4.25. The van der Waals surface area contributed by atoms with Crippen LogP contribution in [-0.2, 0) is 32.1 Å². The molecule has 42 heavy (non-hydrogen) atoms. The molecule has 1 aromatic carbocycles. The van der Waals surface area contributed by atoms with Gasteiger partial charge in [-0.05, 0) is 94.9 Å². The van der Waals surface area contributed by atoms with E-state index in [9.17, 15) is 18.8 Å². The molecule has 3 amide bonds. The molecule has 0 aromatic heterocycles. The summed E-state index contributed by atoms with van der Waals surface area (Å²) in [5.74, 6) is 0.658. The summed E-state index contributed by atoms with van der Waals surface area (Å²) >= 11 is 0. The molecule has 2 fully saturated rings. The number of halogens is 1. The third kappa shape index (κ3) is 9.04. The van der Waals surface area contributed by atoms with E-state index in [1.54, 1.807) is 31.7 Å². The van der Waals surface area contributed by atoms with Gasteiger partial charge in [0.2, 0.25) is 5.91 Å². The second kappa shape index (κ2) is 13.2. The number of carbonyl (C=O) groups is 3. The minimum atomic E-state index is -0.561. The van der Waals surface area contributed by atoms with Gasteiger partial charge in [0.1, 0.15) is 18.0 Å². The van der Waals surface area contributed by atoms with Crippen LogP contribution in [0.2, 0.25) is 0 Å². The lowest BCUT2D eigenvalue weighted by Crippen LogP contribution is -2.64. The molecule has 10 nitrogen and oxygen atoms in total. The molecule has 4 unspecified atom stereocenters. The van der Waals surface area contributed by atoms with Crippen LogP contribution in [0, 0.1) is 17.7 Å². The molecule has 2 saturated carbocycles. The average Bonchev–Trinajstić information content (AvgIpc) is 3.28. The fourth-order valence-electron chi connectivity index (χ4n) is 7.13. The molecule has 2 bridgehead atoms. The van der Waals surface area contributed by atoms with Crippen LogP contribution in [0.15, 0.2) is 18.2 Å². The molecule has 0 spiro atoms. The van der Waals surface area contributed by atoms with E-state index in [0.29, 0.717) is 37.9 Å². The lowest BCUT2D eigenvalue weighted by molar-refractivity contribution is -0.131. The van der Waals surface area contributed by atoms with Crippen molar-refractivity contribution in [1.29, 1.82) is 0 Å². The van der Waals surface area contributed by atoms with Crippen molar-refractivity contribution in [2.75, 3.05) is 32.9 Å². The van der Waals surface area contributed by atoms with E-state index in [0.717, 1.165) is 36.8 Å². The smallest absolute Gasteiger partial charge is 0.407 e. The van der Waals surface area contributed by atoms with Crippen LogP contribution in [0.1, 0.15) is 77.8 Å². The molecular weight excluding hydrogens is 543 g/mol. The normalized spacial score (nSPS) is 26.8. The van der Waals surface area contributed by atoms with Crippen molar-refractivity contribution >= 4 is 18.1 Å². The second-order valence-corrected chi connectivity index (χ2v) is 13.7. The van der Waals surface area contributed by atoms with Crippen molar-refractivity contribution in [1.82, 2.24) is 20.9 Å². The summed E-state index contributed by atoms with van der Waals surface area (Å²) in [6.07, 6.45) is 3.53. The Morgan fingerprint density at radius 1 is 1.05 bits per heavy atom. The average molecular weight is 591 g/mol. The second-order valence-electron chi connectivity index (χ2n) is 13.7. The van der Waals surface area contributed by atoms with Gasteiger partial charge in [0.25, 0.3) is 0 Å². The lowest BCUT2D eigenvalue weighted by atomic mass is 9.58. The summed E-state index contributed by atoms with van der Waals surface area (Å²) < 4.78 is 29.6. The van der Waals surface area contributed by atoms with Crippen LogP contribution in [0.5, 0.6) is 0 Å². The van der Waals surface area contributed by atoms with Crippen molar-refractivity contribution in [3.63, 3.8) is 0 Å². The summed E-state index contributed by atoms with van der Waals surface area (Å²) in [4.78, 5) is 39.3. The minimum absolute atomic E-state index is 0.00306. The Kier molecular flexibility index (Phi) is 10.0. The number of hydrogen-bond donors (Lipinski definition) is 3. The van der Waals surface area contributed by atoms with Crippen LogP contribution < -0.4 is 16.0 Å². The van der Waals surface area contributed by atoms with Gasteiger partial charge in [0.05, 0.1) is 19.8 Å². The number of hydrogen-bond acceptors (Lipinski definition) is 7. The zero-order chi connectivity index (χ0) is 30.5. The molecular formula is C31H47FN4O6. The maximum atomic E-state index is 13.6. The van der Waals surface area contributed by atoms with E-state index < -0.39 is 23.3 Å². The Balaban J connectivity index is 1.21. The van der Waals surface area contributed by atoms with E-state index >= 15 is 0 Å². The molecule has 3 N–H and O–H groups in total. The highest BCUT2D eigenvalue weighted by Gasteiger charge is 2.50. The molecule has 3 aliphatic rings. The van der Waals surface area contributed by atoms with Gasteiger partial charge < -0.3 is 35.1 Å². The van der Waals surface area contributed by atoms with Crippen LogP contribution in [-0.4, -0.2) is 72.6 Å². The summed E-state index contributed by atoms with van der Waals surface area (Å²) in [6, 6.07) is 4.70. The fraction of sp³-hybridized carbons (Fsp3) is 0.710. The summed E-state index contributed by atoms with van der Waals surface area (Å²) in [6.45, 7) is 11.7. The highest BCUT2D eigenvalue weighted by Crippen LogP contribution is 2.49. The third-order valence-corrected chi connectivity index (χ3v) is 8.26. The van der Waals surface area contributed by atoms with Gasteiger partial charge in [-0.3, -0.25) is 4.79 Å². The maximum absolute atomic E-state index is 13.6. The van der Waals surface area contributed by atoms with Gasteiger partial charge in [0, 0.05) is 30.7 Å². The quantitative estimate of drug-likeness (QED) is 0.349. The van der Waals surface area contributed by atoms with E-state index in [4.69, 9.17) is 14.2 Å². The number of nitrogens with one attached hydrogen (secondary N) is 3. The van der Waals surface area contributed by atoms with Gasteiger partial charge >= 0.3 is 12.2 Å². The lowest BCUT2D eigenvalue weighted by Gasteiger charge is -2.54.